The summed E-state index contributed by atoms with van der Waals surface area (Å²) in [6, 6.07) is 5.80. The lowest BCUT2D eigenvalue weighted by Gasteiger charge is -2.45. The van der Waals surface area contributed by atoms with Gasteiger partial charge in [-0.1, -0.05) is 38.4 Å². The topological polar surface area (TPSA) is 15.3 Å². The number of hydrogen-bond acceptors (Lipinski definition) is 2. The molecule has 1 aromatic rings. The van der Waals surface area contributed by atoms with Crippen molar-refractivity contribution in [2.45, 2.75) is 39.8 Å². The fourth-order valence-corrected chi connectivity index (χ4v) is 2.66. The molecule has 106 valence electrons. The smallest absolute Gasteiger partial charge is 0.165 e. The molecule has 1 saturated heterocycles. The third-order valence-corrected chi connectivity index (χ3v) is 4.15. The van der Waals surface area contributed by atoms with Crippen molar-refractivity contribution in [2.75, 3.05) is 18.0 Å². The van der Waals surface area contributed by atoms with E-state index in [9.17, 15) is 4.39 Å². The number of benzene rings is 1. The molecule has 1 fully saturated rings. The molecule has 0 spiro atoms. The second kappa shape index (κ2) is 5.29. The van der Waals surface area contributed by atoms with Gasteiger partial charge in [0.2, 0.25) is 0 Å². The lowest BCUT2D eigenvalue weighted by Crippen LogP contribution is -2.59. The lowest BCUT2D eigenvalue weighted by molar-refractivity contribution is 0.238. The van der Waals surface area contributed by atoms with Crippen molar-refractivity contribution in [3.05, 3.63) is 29.0 Å². The minimum absolute atomic E-state index is 0.146. The van der Waals surface area contributed by atoms with Gasteiger partial charge < -0.3 is 10.2 Å². The predicted octanol–water partition coefficient (Wildman–Crippen LogP) is 3.69. The molecular formula is C15H22ClFN2. The molecule has 4 heteroatoms. The van der Waals surface area contributed by atoms with Crippen LogP contribution in [0.4, 0.5) is 10.1 Å². The second-order valence-corrected chi connectivity index (χ2v) is 6.81. The average molecular weight is 285 g/mol. The Labute approximate surface area is 119 Å². The summed E-state index contributed by atoms with van der Waals surface area (Å²) in [6.07, 6.45) is 0. The number of nitrogens with zero attached hydrogens (tertiary/aromatic N) is 1. The Hall–Kier alpha value is -0.800. The number of nitrogens with one attached hydrogen (secondary N) is 1. The highest BCUT2D eigenvalue weighted by atomic mass is 35.5. The average Bonchev–Trinajstić information content (AvgIpc) is 2.32. The zero-order valence-electron chi connectivity index (χ0n) is 12.0. The minimum atomic E-state index is -0.314. The van der Waals surface area contributed by atoms with Crippen LogP contribution in [0.2, 0.25) is 5.02 Å². The zero-order chi connectivity index (χ0) is 14.2. The number of piperazine rings is 1. The molecular weight excluding hydrogens is 263 g/mol. The molecule has 19 heavy (non-hydrogen) atoms. The summed E-state index contributed by atoms with van der Waals surface area (Å²) in [5, 5.41) is 3.74. The number of rotatable bonds is 1. The van der Waals surface area contributed by atoms with E-state index < -0.39 is 0 Å². The molecule has 0 saturated carbocycles. The van der Waals surface area contributed by atoms with Crippen molar-refractivity contribution in [3.8, 4) is 0 Å². The molecule has 1 aliphatic rings. The van der Waals surface area contributed by atoms with Crippen molar-refractivity contribution in [1.82, 2.24) is 5.32 Å². The SMILES string of the molecule is CC1CNC(C(C)(C)C)CN1c1cccc(Cl)c1F. The summed E-state index contributed by atoms with van der Waals surface area (Å²) in [7, 11) is 0. The molecule has 0 aliphatic carbocycles. The van der Waals surface area contributed by atoms with Crippen LogP contribution in [0.25, 0.3) is 0 Å². The molecule has 0 aromatic heterocycles. The van der Waals surface area contributed by atoms with E-state index in [1.54, 1.807) is 6.07 Å². The van der Waals surface area contributed by atoms with Crippen LogP contribution in [-0.4, -0.2) is 25.2 Å². The molecule has 1 aromatic carbocycles. The van der Waals surface area contributed by atoms with Gasteiger partial charge in [-0.15, -0.1) is 0 Å². The Kier molecular flexibility index (Phi) is 4.07. The Balaban J connectivity index is 2.29. The summed E-state index contributed by atoms with van der Waals surface area (Å²) < 4.78 is 14.2. The quantitative estimate of drug-likeness (QED) is 0.846. The van der Waals surface area contributed by atoms with E-state index in [0.717, 1.165) is 13.1 Å². The van der Waals surface area contributed by atoms with Crippen LogP contribution in [0.1, 0.15) is 27.7 Å². The first-order chi connectivity index (χ1) is 8.80. The molecule has 2 rings (SSSR count). The van der Waals surface area contributed by atoms with Gasteiger partial charge in [-0.05, 0) is 24.5 Å². The molecule has 0 radical (unpaired) electrons. The van der Waals surface area contributed by atoms with Gasteiger partial charge in [-0.2, -0.15) is 0 Å². The monoisotopic (exact) mass is 284 g/mol. The maximum Gasteiger partial charge on any atom is 0.165 e. The van der Waals surface area contributed by atoms with Gasteiger partial charge in [-0.3, -0.25) is 0 Å². The van der Waals surface area contributed by atoms with Gasteiger partial charge in [0.15, 0.2) is 5.82 Å². The standard InChI is InChI=1S/C15H22ClFN2/c1-10-8-18-13(15(2,3)4)9-19(10)12-7-5-6-11(16)14(12)17/h5-7,10,13,18H,8-9H2,1-4H3. The van der Waals surface area contributed by atoms with E-state index in [2.05, 4.69) is 37.9 Å². The summed E-state index contributed by atoms with van der Waals surface area (Å²) >= 11 is 5.89. The Bertz CT molecular complexity index is 456. The van der Waals surface area contributed by atoms with Crippen molar-refractivity contribution in [3.63, 3.8) is 0 Å². The number of anilines is 1. The highest BCUT2D eigenvalue weighted by molar-refractivity contribution is 6.31. The first kappa shape index (κ1) is 14.6. The lowest BCUT2D eigenvalue weighted by atomic mass is 9.84. The fourth-order valence-electron chi connectivity index (χ4n) is 2.49. The minimum Gasteiger partial charge on any atom is -0.364 e. The van der Waals surface area contributed by atoms with E-state index in [0.29, 0.717) is 11.7 Å². The maximum atomic E-state index is 14.2. The van der Waals surface area contributed by atoms with Crippen LogP contribution < -0.4 is 10.2 Å². The van der Waals surface area contributed by atoms with Crippen molar-refractivity contribution >= 4 is 17.3 Å². The van der Waals surface area contributed by atoms with Gasteiger partial charge in [0, 0.05) is 25.2 Å². The van der Waals surface area contributed by atoms with E-state index >= 15 is 0 Å². The summed E-state index contributed by atoms with van der Waals surface area (Å²) in [6.45, 7) is 10.4. The number of hydrogen-bond donors (Lipinski definition) is 1. The highest BCUT2D eigenvalue weighted by Gasteiger charge is 2.33. The molecule has 2 atom stereocenters. The van der Waals surface area contributed by atoms with E-state index in [1.807, 2.05) is 12.1 Å². The third-order valence-electron chi connectivity index (χ3n) is 3.86. The highest BCUT2D eigenvalue weighted by Crippen LogP contribution is 2.31. The molecule has 1 N–H and O–H groups in total. The van der Waals surface area contributed by atoms with Gasteiger partial charge in [-0.25, -0.2) is 4.39 Å². The van der Waals surface area contributed by atoms with Gasteiger partial charge in [0.25, 0.3) is 0 Å². The Morgan fingerprint density at radius 1 is 1.37 bits per heavy atom. The van der Waals surface area contributed by atoms with Gasteiger partial charge >= 0.3 is 0 Å². The molecule has 0 amide bonds. The van der Waals surface area contributed by atoms with Crippen LogP contribution in [0, 0.1) is 11.2 Å². The third kappa shape index (κ3) is 3.03. The van der Waals surface area contributed by atoms with Crippen LogP contribution >= 0.6 is 11.6 Å². The Morgan fingerprint density at radius 2 is 2.05 bits per heavy atom. The van der Waals surface area contributed by atoms with E-state index in [4.69, 9.17) is 11.6 Å². The van der Waals surface area contributed by atoms with Crippen molar-refractivity contribution in [1.29, 1.82) is 0 Å². The first-order valence-corrected chi connectivity index (χ1v) is 7.12. The van der Waals surface area contributed by atoms with Crippen LogP contribution in [0.15, 0.2) is 18.2 Å². The molecule has 2 unspecified atom stereocenters. The molecule has 1 aliphatic heterocycles. The first-order valence-electron chi connectivity index (χ1n) is 6.74. The van der Waals surface area contributed by atoms with Crippen LogP contribution in [0.5, 0.6) is 0 Å². The van der Waals surface area contributed by atoms with E-state index in [1.165, 1.54) is 0 Å². The van der Waals surface area contributed by atoms with Crippen molar-refractivity contribution in [2.24, 2.45) is 5.41 Å². The molecule has 0 bridgehead atoms. The summed E-state index contributed by atoms with van der Waals surface area (Å²) in [5.41, 5.74) is 0.753. The Morgan fingerprint density at radius 3 is 2.68 bits per heavy atom. The van der Waals surface area contributed by atoms with Crippen molar-refractivity contribution < 1.29 is 4.39 Å². The normalized spacial score (nSPS) is 24.6. The van der Waals surface area contributed by atoms with Crippen LogP contribution in [-0.2, 0) is 0 Å². The summed E-state index contributed by atoms with van der Waals surface area (Å²) in [5.74, 6) is -0.314. The predicted molar refractivity (Wildman–Crippen MR) is 79.5 cm³/mol. The fraction of sp³-hybridized carbons (Fsp3) is 0.600. The van der Waals surface area contributed by atoms with Crippen LogP contribution in [0.3, 0.4) is 0 Å². The molecule has 2 nitrogen and oxygen atoms in total. The van der Waals surface area contributed by atoms with E-state index in [-0.39, 0.29) is 22.3 Å². The van der Waals surface area contributed by atoms with Gasteiger partial charge in [0.1, 0.15) is 0 Å². The van der Waals surface area contributed by atoms with Gasteiger partial charge in [0.05, 0.1) is 10.7 Å². The zero-order valence-corrected chi connectivity index (χ0v) is 12.8. The summed E-state index contributed by atoms with van der Waals surface area (Å²) in [4.78, 5) is 2.12. The molecule has 1 heterocycles. The maximum absolute atomic E-state index is 14.2. The largest absolute Gasteiger partial charge is 0.364 e. The number of halogens is 2. The second-order valence-electron chi connectivity index (χ2n) is 6.40.